The fourth-order valence-corrected chi connectivity index (χ4v) is 3.52. The summed E-state index contributed by atoms with van der Waals surface area (Å²) in [5, 5.41) is 5.67. The van der Waals surface area contributed by atoms with Gasteiger partial charge in [-0.15, -0.1) is 11.8 Å². The lowest BCUT2D eigenvalue weighted by Crippen LogP contribution is -2.11. The van der Waals surface area contributed by atoms with Crippen LogP contribution in [0.2, 0.25) is 0 Å². The minimum Gasteiger partial charge on any atom is -0.478 e. The fraction of sp³-hybridized carbons (Fsp3) is 0.500. The van der Waals surface area contributed by atoms with Gasteiger partial charge in [-0.1, -0.05) is 20.3 Å². The number of carboxylic acids is 1. The van der Waals surface area contributed by atoms with Gasteiger partial charge in [-0.3, -0.25) is 0 Å². The van der Waals surface area contributed by atoms with E-state index < -0.39 is 11.4 Å². The number of halogens is 3. The van der Waals surface area contributed by atoms with Crippen molar-refractivity contribution in [3.05, 3.63) is 28.8 Å². The Labute approximate surface area is 126 Å². The molecule has 1 rings (SSSR count). The van der Waals surface area contributed by atoms with Gasteiger partial charge in [-0.25, -0.2) is 4.79 Å². The summed E-state index contributed by atoms with van der Waals surface area (Å²) in [6, 6.07) is 2.32. The van der Waals surface area contributed by atoms with E-state index in [0.29, 0.717) is 22.6 Å². The normalized spacial score (nSPS) is 11.7. The van der Waals surface area contributed by atoms with E-state index in [1.165, 1.54) is 17.8 Å². The van der Waals surface area contributed by atoms with E-state index in [-0.39, 0.29) is 11.1 Å². The summed E-state index contributed by atoms with van der Waals surface area (Å²) in [5.74, 6) is -0.448. The van der Waals surface area contributed by atoms with E-state index in [1.807, 2.05) is 6.92 Å². The Bertz CT molecular complexity index is 487. The van der Waals surface area contributed by atoms with Gasteiger partial charge in [-0.05, 0) is 47.9 Å². The molecule has 1 aromatic rings. The standard InChI is InChI=1S/C14H17ClF2O2S/c1-3-5-8-20-12-9(4-2)10(13(18)19)6-7-11(12)14(15,16)17/h6-7H,3-5,8H2,1-2H3,(H,18,19). The van der Waals surface area contributed by atoms with Crippen LogP contribution in [-0.2, 0) is 11.8 Å². The van der Waals surface area contributed by atoms with Gasteiger partial charge in [-0.2, -0.15) is 8.78 Å². The van der Waals surface area contributed by atoms with Crippen molar-refractivity contribution >= 4 is 29.3 Å². The maximum absolute atomic E-state index is 13.5. The molecular formula is C14H17ClF2O2S. The van der Waals surface area contributed by atoms with Crippen LogP contribution in [0.15, 0.2) is 17.0 Å². The lowest BCUT2D eigenvalue weighted by atomic mass is 10.0. The molecule has 0 spiro atoms. The van der Waals surface area contributed by atoms with Crippen molar-refractivity contribution in [2.75, 3.05) is 5.75 Å². The number of thioether (sulfide) groups is 1. The predicted octanol–water partition coefficient (Wildman–Crippen LogP) is 5.13. The minimum absolute atomic E-state index is 0.0659. The third-order valence-corrected chi connectivity index (χ3v) is 4.35. The quantitative estimate of drug-likeness (QED) is 0.429. The van der Waals surface area contributed by atoms with Gasteiger partial charge < -0.3 is 5.11 Å². The first-order chi connectivity index (χ1) is 9.32. The Morgan fingerprint density at radius 1 is 1.40 bits per heavy atom. The highest BCUT2D eigenvalue weighted by atomic mass is 35.5. The van der Waals surface area contributed by atoms with Crippen LogP contribution in [0.1, 0.15) is 48.2 Å². The van der Waals surface area contributed by atoms with Crippen LogP contribution in [0.3, 0.4) is 0 Å². The molecule has 0 unspecified atom stereocenters. The van der Waals surface area contributed by atoms with Gasteiger partial charge in [0.15, 0.2) is 0 Å². The molecule has 0 bridgehead atoms. The fourth-order valence-electron chi connectivity index (χ4n) is 1.89. The van der Waals surface area contributed by atoms with Crippen LogP contribution in [0.5, 0.6) is 0 Å². The third kappa shape index (κ3) is 4.09. The number of carboxylic acid groups (broad SMARTS) is 1. The molecule has 0 saturated carbocycles. The molecule has 0 amide bonds. The average molecular weight is 323 g/mol. The van der Waals surface area contributed by atoms with Gasteiger partial charge in [0.25, 0.3) is 0 Å². The maximum atomic E-state index is 13.5. The molecule has 0 fully saturated rings. The molecule has 1 N–H and O–H groups in total. The predicted molar refractivity (Wildman–Crippen MR) is 78.2 cm³/mol. The van der Waals surface area contributed by atoms with E-state index in [4.69, 9.17) is 16.7 Å². The number of aromatic carboxylic acids is 1. The summed E-state index contributed by atoms with van der Waals surface area (Å²) in [7, 11) is 0. The molecule has 20 heavy (non-hydrogen) atoms. The topological polar surface area (TPSA) is 37.3 Å². The molecule has 0 heterocycles. The first-order valence-electron chi connectivity index (χ1n) is 6.42. The summed E-state index contributed by atoms with van der Waals surface area (Å²) in [4.78, 5) is 11.5. The first kappa shape index (κ1) is 17.2. The van der Waals surface area contributed by atoms with Gasteiger partial charge in [0.05, 0.1) is 11.1 Å². The van der Waals surface area contributed by atoms with Crippen molar-refractivity contribution < 1.29 is 18.7 Å². The van der Waals surface area contributed by atoms with E-state index in [2.05, 4.69) is 0 Å². The third-order valence-electron chi connectivity index (χ3n) is 2.89. The number of hydrogen-bond acceptors (Lipinski definition) is 2. The van der Waals surface area contributed by atoms with Crippen molar-refractivity contribution in [2.45, 2.75) is 43.4 Å². The highest BCUT2D eigenvalue weighted by Gasteiger charge is 2.33. The van der Waals surface area contributed by atoms with Crippen LogP contribution < -0.4 is 0 Å². The lowest BCUT2D eigenvalue weighted by molar-refractivity contribution is 0.0692. The summed E-state index contributed by atoms with van der Waals surface area (Å²) < 4.78 is 27.0. The van der Waals surface area contributed by atoms with Crippen LogP contribution >= 0.6 is 23.4 Å². The molecule has 0 aromatic heterocycles. The van der Waals surface area contributed by atoms with Crippen molar-refractivity contribution in [1.29, 1.82) is 0 Å². The van der Waals surface area contributed by atoms with E-state index in [9.17, 15) is 13.6 Å². The van der Waals surface area contributed by atoms with Crippen LogP contribution in [0.4, 0.5) is 8.78 Å². The van der Waals surface area contributed by atoms with Crippen molar-refractivity contribution in [2.24, 2.45) is 0 Å². The first-order valence-corrected chi connectivity index (χ1v) is 7.78. The Balaban J connectivity index is 3.35. The molecule has 0 aliphatic carbocycles. The number of benzene rings is 1. The van der Waals surface area contributed by atoms with E-state index in [0.717, 1.165) is 18.9 Å². The molecule has 0 aliphatic heterocycles. The Morgan fingerprint density at radius 3 is 2.50 bits per heavy atom. The minimum atomic E-state index is -3.49. The molecule has 2 nitrogen and oxygen atoms in total. The van der Waals surface area contributed by atoms with Gasteiger partial charge in [0, 0.05) is 4.90 Å². The Morgan fingerprint density at radius 2 is 2.05 bits per heavy atom. The zero-order valence-electron chi connectivity index (χ0n) is 11.4. The number of unbranched alkanes of at least 4 members (excludes halogenated alkanes) is 1. The molecule has 0 atom stereocenters. The van der Waals surface area contributed by atoms with E-state index >= 15 is 0 Å². The summed E-state index contributed by atoms with van der Waals surface area (Å²) in [6.07, 6.45) is 2.19. The second-order valence-electron chi connectivity index (χ2n) is 4.33. The Kier molecular flexibility index (Phi) is 6.27. The van der Waals surface area contributed by atoms with Gasteiger partial charge >= 0.3 is 11.4 Å². The van der Waals surface area contributed by atoms with Crippen molar-refractivity contribution in [3.8, 4) is 0 Å². The smallest absolute Gasteiger partial charge is 0.349 e. The summed E-state index contributed by atoms with van der Waals surface area (Å²) in [5.41, 5.74) is 0.190. The largest absolute Gasteiger partial charge is 0.478 e. The van der Waals surface area contributed by atoms with Gasteiger partial charge in [0.1, 0.15) is 0 Å². The molecular weight excluding hydrogens is 306 g/mol. The molecule has 112 valence electrons. The Hall–Kier alpha value is -0.810. The number of alkyl halides is 3. The lowest BCUT2D eigenvalue weighted by Gasteiger charge is -2.18. The van der Waals surface area contributed by atoms with Gasteiger partial charge in [0.2, 0.25) is 0 Å². The molecule has 1 aromatic carbocycles. The second-order valence-corrected chi connectivity index (χ2v) is 5.91. The van der Waals surface area contributed by atoms with Crippen LogP contribution in [0.25, 0.3) is 0 Å². The molecule has 0 aliphatic rings. The van der Waals surface area contributed by atoms with Crippen molar-refractivity contribution in [1.82, 2.24) is 0 Å². The number of hydrogen-bond donors (Lipinski definition) is 1. The van der Waals surface area contributed by atoms with E-state index in [1.54, 1.807) is 6.92 Å². The zero-order valence-corrected chi connectivity index (χ0v) is 13.0. The highest BCUT2D eigenvalue weighted by molar-refractivity contribution is 7.99. The molecule has 6 heteroatoms. The maximum Gasteiger partial charge on any atom is 0.349 e. The second kappa shape index (κ2) is 7.27. The zero-order chi connectivity index (χ0) is 15.3. The summed E-state index contributed by atoms with van der Waals surface area (Å²) in [6.45, 7) is 3.76. The molecule has 0 saturated heterocycles. The molecule has 0 radical (unpaired) electrons. The van der Waals surface area contributed by atoms with Crippen molar-refractivity contribution in [3.63, 3.8) is 0 Å². The summed E-state index contributed by atoms with van der Waals surface area (Å²) >= 11 is 6.40. The highest BCUT2D eigenvalue weighted by Crippen LogP contribution is 2.41. The number of carbonyl (C=O) groups is 1. The number of rotatable bonds is 7. The van der Waals surface area contributed by atoms with Crippen LogP contribution in [-0.4, -0.2) is 16.8 Å². The average Bonchev–Trinajstić information content (AvgIpc) is 2.36. The monoisotopic (exact) mass is 322 g/mol. The van der Waals surface area contributed by atoms with Crippen LogP contribution in [0, 0.1) is 0 Å². The SMILES string of the molecule is CCCCSc1c(C(F)(F)Cl)ccc(C(=O)O)c1CC.